The van der Waals surface area contributed by atoms with Gasteiger partial charge in [0.25, 0.3) is 0 Å². The van der Waals surface area contributed by atoms with Crippen molar-refractivity contribution in [3.05, 3.63) is 89.5 Å². The number of guanidine groups is 1. The maximum Gasteiger partial charge on any atom is 0.191 e. The number of hydrogen-bond acceptors (Lipinski definition) is 2. The Morgan fingerprint density at radius 1 is 1.07 bits per heavy atom. The molecule has 5 nitrogen and oxygen atoms in total. The molecule has 0 saturated carbocycles. The number of aliphatic imine (C=N–C) groups is 1. The van der Waals surface area contributed by atoms with E-state index in [1.54, 1.807) is 13.2 Å². The number of hydrogen-bond donors (Lipinski definition) is 2. The molecule has 0 fully saturated rings. The van der Waals surface area contributed by atoms with Gasteiger partial charge in [0.1, 0.15) is 17.5 Å². The van der Waals surface area contributed by atoms with Gasteiger partial charge in [0.05, 0.1) is 6.54 Å². The zero-order chi connectivity index (χ0) is 19.1. The van der Waals surface area contributed by atoms with Gasteiger partial charge in [0, 0.05) is 38.1 Å². The molecule has 3 aromatic rings. The van der Waals surface area contributed by atoms with Crippen molar-refractivity contribution >= 4 is 5.96 Å². The fraction of sp³-hybridized carbons (Fsp3) is 0.200. The molecule has 1 heterocycles. The molecule has 3 rings (SSSR count). The first-order valence-corrected chi connectivity index (χ1v) is 8.58. The second-order valence-corrected chi connectivity index (χ2v) is 5.97. The van der Waals surface area contributed by atoms with E-state index >= 15 is 0 Å². The normalized spacial score (nSPS) is 11.4. The van der Waals surface area contributed by atoms with E-state index < -0.39 is 11.6 Å². The fourth-order valence-electron chi connectivity index (χ4n) is 2.67. The highest BCUT2D eigenvalue weighted by atomic mass is 19.1. The van der Waals surface area contributed by atoms with Gasteiger partial charge in [-0.15, -0.1) is 0 Å². The summed E-state index contributed by atoms with van der Waals surface area (Å²) in [4.78, 5) is 8.48. The van der Waals surface area contributed by atoms with Crippen LogP contribution in [0.3, 0.4) is 0 Å². The number of imidazole rings is 1. The molecule has 0 aliphatic rings. The molecule has 0 bridgehead atoms. The van der Waals surface area contributed by atoms with Crippen LogP contribution in [0, 0.1) is 11.6 Å². The molecular formula is C20H21F2N5. The number of rotatable bonds is 6. The highest BCUT2D eigenvalue weighted by molar-refractivity contribution is 5.79. The molecule has 0 aliphatic heterocycles. The summed E-state index contributed by atoms with van der Waals surface area (Å²) in [5.74, 6) is 0.392. The van der Waals surface area contributed by atoms with Crippen LogP contribution in [-0.2, 0) is 19.6 Å². The molecule has 0 spiro atoms. The summed E-state index contributed by atoms with van der Waals surface area (Å²) in [6.45, 7) is 1.30. The monoisotopic (exact) mass is 369 g/mol. The van der Waals surface area contributed by atoms with Crippen LogP contribution < -0.4 is 10.6 Å². The Labute approximate surface area is 156 Å². The summed E-state index contributed by atoms with van der Waals surface area (Å²) in [6, 6.07) is 13.5. The zero-order valence-corrected chi connectivity index (χ0v) is 15.0. The molecule has 0 saturated heterocycles. The van der Waals surface area contributed by atoms with Gasteiger partial charge in [-0.1, -0.05) is 30.3 Å². The average molecular weight is 369 g/mol. The van der Waals surface area contributed by atoms with Crippen LogP contribution in [0.2, 0.25) is 0 Å². The Morgan fingerprint density at radius 2 is 1.85 bits per heavy atom. The first-order valence-electron chi connectivity index (χ1n) is 8.58. The molecule has 0 amide bonds. The van der Waals surface area contributed by atoms with Crippen molar-refractivity contribution in [1.82, 2.24) is 20.2 Å². The molecule has 2 aromatic carbocycles. The number of benzene rings is 2. The van der Waals surface area contributed by atoms with Crippen LogP contribution in [0.4, 0.5) is 8.78 Å². The van der Waals surface area contributed by atoms with Gasteiger partial charge in [-0.2, -0.15) is 0 Å². The second-order valence-electron chi connectivity index (χ2n) is 5.97. The van der Waals surface area contributed by atoms with Crippen LogP contribution in [0.5, 0.6) is 0 Å². The first-order chi connectivity index (χ1) is 13.2. The lowest BCUT2D eigenvalue weighted by Crippen LogP contribution is -2.37. The lowest BCUT2D eigenvalue weighted by atomic mass is 10.2. The van der Waals surface area contributed by atoms with Gasteiger partial charge in [0.2, 0.25) is 0 Å². The van der Waals surface area contributed by atoms with Crippen LogP contribution in [0.15, 0.2) is 65.9 Å². The Morgan fingerprint density at radius 3 is 2.63 bits per heavy atom. The van der Waals surface area contributed by atoms with Crippen molar-refractivity contribution in [2.24, 2.45) is 4.99 Å². The largest absolute Gasteiger partial charge is 0.352 e. The Hall–Kier alpha value is -3.22. The summed E-state index contributed by atoms with van der Waals surface area (Å²) in [5, 5.41) is 6.12. The lowest BCUT2D eigenvalue weighted by Gasteiger charge is -2.13. The maximum atomic E-state index is 13.7. The molecule has 0 unspecified atom stereocenters. The molecule has 7 heteroatoms. The van der Waals surface area contributed by atoms with Crippen molar-refractivity contribution in [2.75, 3.05) is 7.05 Å². The molecule has 27 heavy (non-hydrogen) atoms. The number of nitrogens with zero attached hydrogens (tertiary/aromatic N) is 3. The third-order valence-electron chi connectivity index (χ3n) is 4.09. The third-order valence-corrected chi connectivity index (χ3v) is 4.09. The quantitative estimate of drug-likeness (QED) is 0.519. The molecular weight excluding hydrogens is 348 g/mol. The highest BCUT2D eigenvalue weighted by Crippen LogP contribution is 2.09. The molecule has 0 atom stereocenters. The van der Waals surface area contributed by atoms with E-state index in [-0.39, 0.29) is 12.1 Å². The summed E-state index contributed by atoms with van der Waals surface area (Å²) >= 11 is 0. The highest BCUT2D eigenvalue weighted by Gasteiger charge is 2.07. The second kappa shape index (κ2) is 8.93. The topological polar surface area (TPSA) is 54.2 Å². The summed E-state index contributed by atoms with van der Waals surface area (Å²) in [6.07, 6.45) is 3.67. The van der Waals surface area contributed by atoms with Gasteiger partial charge < -0.3 is 15.2 Å². The van der Waals surface area contributed by atoms with Crippen molar-refractivity contribution in [3.63, 3.8) is 0 Å². The number of aromatic nitrogens is 2. The van der Waals surface area contributed by atoms with Crippen LogP contribution in [-0.4, -0.2) is 22.6 Å². The summed E-state index contributed by atoms with van der Waals surface area (Å²) in [7, 11) is 1.62. The van der Waals surface area contributed by atoms with Gasteiger partial charge in [0.15, 0.2) is 5.96 Å². The van der Waals surface area contributed by atoms with Gasteiger partial charge >= 0.3 is 0 Å². The molecule has 1 aromatic heterocycles. The van der Waals surface area contributed by atoms with E-state index in [4.69, 9.17) is 0 Å². The first kappa shape index (κ1) is 18.6. The van der Waals surface area contributed by atoms with Crippen molar-refractivity contribution in [1.29, 1.82) is 0 Å². The van der Waals surface area contributed by atoms with E-state index in [0.29, 0.717) is 12.5 Å². The standard InChI is InChI=1S/C20H21F2N5/c1-23-20(25-12-16-11-17(21)7-8-18(16)22)26-13-19-24-9-10-27(19)14-15-5-3-2-4-6-15/h2-11H,12-14H2,1H3,(H2,23,25,26). The van der Waals surface area contributed by atoms with Gasteiger partial charge in [-0.05, 0) is 23.8 Å². The molecule has 2 N–H and O–H groups in total. The van der Waals surface area contributed by atoms with Crippen LogP contribution >= 0.6 is 0 Å². The smallest absolute Gasteiger partial charge is 0.191 e. The lowest BCUT2D eigenvalue weighted by molar-refractivity contribution is 0.580. The minimum absolute atomic E-state index is 0.127. The Kier molecular flexibility index (Phi) is 6.14. The number of nitrogens with one attached hydrogen (secondary N) is 2. The van der Waals surface area contributed by atoms with Crippen LogP contribution in [0.25, 0.3) is 0 Å². The van der Waals surface area contributed by atoms with E-state index in [1.165, 1.54) is 11.6 Å². The predicted octanol–water partition coefficient (Wildman–Crippen LogP) is 3.07. The summed E-state index contributed by atoms with van der Waals surface area (Å²) < 4.78 is 29.0. The van der Waals surface area contributed by atoms with Crippen molar-refractivity contribution < 1.29 is 8.78 Å². The minimum Gasteiger partial charge on any atom is -0.352 e. The average Bonchev–Trinajstić information content (AvgIpc) is 3.12. The van der Waals surface area contributed by atoms with E-state index in [2.05, 4.69) is 32.7 Å². The van der Waals surface area contributed by atoms with Gasteiger partial charge in [-0.25, -0.2) is 13.8 Å². The molecule has 0 aliphatic carbocycles. The summed E-state index contributed by atoms with van der Waals surface area (Å²) in [5.41, 5.74) is 1.42. The van der Waals surface area contributed by atoms with Gasteiger partial charge in [-0.3, -0.25) is 4.99 Å². The minimum atomic E-state index is -0.473. The maximum absolute atomic E-state index is 13.7. The Balaban J connectivity index is 1.57. The number of halogens is 2. The fourth-order valence-corrected chi connectivity index (χ4v) is 2.67. The third kappa shape index (κ3) is 5.13. The SMILES string of the molecule is CN=C(NCc1cc(F)ccc1F)NCc1nccn1Cc1ccccc1. The predicted molar refractivity (Wildman–Crippen MR) is 101 cm³/mol. The van der Waals surface area contributed by atoms with Crippen molar-refractivity contribution in [3.8, 4) is 0 Å². The van der Waals surface area contributed by atoms with E-state index in [0.717, 1.165) is 24.5 Å². The van der Waals surface area contributed by atoms with E-state index in [9.17, 15) is 8.78 Å². The molecule has 140 valence electrons. The van der Waals surface area contributed by atoms with E-state index in [1.807, 2.05) is 29.0 Å². The van der Waals surface area contributed by atoms with Crippen LogP contribution in [0.1, 0.15) is 17.0 Å². The Bertz CT molecular complexity index is 906. The van der Waals surface area contributed by atoms with Crippen molar-refractivity contribution in [2.45, 2.75) is 19.6 Å². The molecule has 0 radical (unpaired) electrons. The zero-order valence-electron chi connectivity index (χ0n) is 15.0.